The summed E-state index contributed by atoms with van der Waals surface area (Å²) in [6, 6.07) is 8.95. The lowest BCUT2D eigenvalue weighted by molar-refractivity contribution is -0.118. The van der Waals surface area contributed by atoms with Crippen molar-refractivity contribution in [2.75, 3.05) is 18.5 Å². The SMILES string of the molecule is CCOc1cc2c(cc1NC(=O)COc1ccc(Br)cc1CO)O[C@H](C)C2. The van der Waals surface area contributed by atoms with Crippen LogP contribution in [0.1, 0.15) is 25.0 Å². The molecule has 0 saturated carbocycles. The number of amides is 1. The van der Waals surface area contributed by atoms with Crippen molar-refractivity contribution in [2.24, 2.45) is 0 Å². The molecule has 0 unspecified atom stereocenters. The van der Waals surface area contributed by atoms with E-state index in [-0.39, 0.29) is 25.2 Å². The number of fused-ring (bicyclic) bond motifs is 1. The molecule has 1 amide bonds. The molecule has 2 N–H and O–H groups in total. The molecule has 3 rings (SSSR count). The van der Waals surface area contributed by atoms with Gasteiger partial charge >= 0.3 is 0 Å². The number of hydrogen-bond acceptors (Lipinski definition) is 5. The van der Waals surface area contributed by atoms with Crippen LogP contribution in [0, 0.1) is 0 Å². The first-order chi connectivity index (χ1) is 13.0. The quantitative estimate of drug-likeness (QED) is 0.693. The van der Waals surface area contributed by atoms with E-state index in [1.165, 1.54) is 0 Å². The first kappa shape index (κ1) is 19.5. The molecule has 6 nitrogen and oxygen atoms in total. The van der Waals surface area contributed by atoms with Gasteiger partial charge in [-0.3, -0.25) is 4.79 Å². The standard InChI is InChI=1S/C20H22BrNO5/c1-3-25-19-8-13-6-12(2)27-18(13)9-16(19)22-20(24)11-26-17-5-4-15(21)7-14(17)10-23/h4-5,7-9,12,23H,3,6,10-11H2,1-2H3,(H,22,24)/t12-/m1/s1. The van der Waals surface area contributed by atoms with E-state index in [1.54, 1.807) is 24.3 Å². The van der Waals surface area contributed by atoms with E-state index in [1.807, 2.05) is 19.9 Å². The summed E-state index contributed by atoms with van der Waals surface area (Å²) in [6.07, 6.45) is 0.929. The van der Waals surface area contributed by atoms with Crippen molar-refractivity contribution in [3.63, 3.8) is 0 Å². The number of aliphatic hydroxyl groups is 1. The summed E-state index contributed by atoms with van der Waals surface area (Å²) in [5, 5.41) is 12.2. The number of carbonyl (C=O) groups is 1. The smallest absolute Gasteiger partial charge is 0.262 e. The molecule has 0 spiro atoms. The van der Waals surface area contributed by atoms with Gasteiger partial charge in [-0.25, -0.2) is 0 Å². The highest BCUT2D eigenvalue weighted by Gasteiger charge is 2.22. The van der Waals surface area contributed by atoms with E-state index in [4.69, 9.17) is 14.2 Å². The van der Waals surface area contributed by atoms with Gasteiger partial charge in [-0.05, 0) is 38.1 Å². The summed E-state index contributed by atoms with van der Waals surface area (Å²) in [6.45, 7) is 4.03. The van der Waals surface area contributed by atoms with Gasteiger partial charge in [0.2, 0.25) is 0 Å². The molecule has 1 aliphatic rings. The minimum atomic E-state index is -0.325. The van der Waals surface area contributed by atoms with E-state index in [2.05, 4.69) is 21.2 Å². The Bertz CT molecular complexity index is 839. The maximum atomic E-state index is 12.4. The average Bonchev–Trinajstić information content (AvgIpc) is 2.99. The molecule has 0 saturated heterocycles. The summed E-state index contributed by atoms with van der Waals surface area (Å²) in [5.74, 6) is 1.51. The van der Waals surface area contributed by atoms with Crippen molar-refractivity contribution >= 4 is 27.5 Å². The maximum Gasteiger partial charge on any atom is 0.262 e. The number of benzene rings is 2. The lowest BCUT2D eigenvalue weighted by Gasteiger charge is -2.14. The maximum absolute atomic E-state index is 12.4. The Morgan fingerprint density at radius 1 is 1.30 bits per heavy atom. The number of carbonyl (C=O) groups excluding carboxylic acids is 1. The number of halogens is 1. The zero-order valence-corrected chi connectivity index (χ0v) is 16.8. The zero-order chi connectivity index (χ0) is 19.4. The van der Waals surface area contributed by atoms with Gasteiger partial charge in [0.05, 0.1) is 18.9 Å². The van der Waals surface area contributed by atoms with E-state index in [0.717, 1.165) is 22.2 Å². The van der Waals surface area contributed by atoms with Gasteiger partial charge < -0.3 is 24.6 Å². The Morgan fingerprint density at radius 2 is 2.11 bits per heavy atom. The van der Waals surface area contributed by atoms with Crippen molar-refractivity contribution in [3.8, 4) is 17.2 Å². The van der Waals surface area contributed by atoms with Gasteiger partial charge in [-0.1, -0.05) is 15.9 Å². The van der Waals surface area contributed by atoms with Gasteiger partial charge in [0.15, 0.2) is 6.61 Å². The lowest BCUT2D eigenvalue weighted by Crippen LogP contribution is -2.21. The number of hydrogen-bond donors (Lipinski definition) is 2. The Morgan fingerprint density at radius 3 is 2.85 bits per heavy atom. The summed E-state index contributed by atoms with van der Waals surface area (Å²) in [4.78, 5) is 12.4. The van der Waals surface area contributed by atoms with E-state index < -0.39 is 0 Å². The molecule has 27 heavy (non-hydrogen) atoms. The predicted molar refractivity (Wildman–Crippen MR) is 106 cm³/mol. The molecule has 0 fully saturated rings. The van der Waals surface area contributed by atoms with Gasteiger partial charge in [0, 0.05) is 28.1 Å². The summed E-state index contributed by atoms with van der Waals surface area (Å²) >= 11 is 3.34. The summed E-state index contributed by atoms with van der Waals surface area (Å²) in [7, 11) is 0. The number of nitrogens with one attached hydrogen (secondary N) is 1. The highest BCUT2D eigenvalue weighted by Crippen LogP contribution is 2.38. The highest BCUT2D eigenvalue weighted by molar-refractivity contribution is 9.10. The molecule has 1 aliphatic heterocycles. The normalized spacial score (nSPS) is 15.0. The lowest BCUT2D eigenvalue weighted by atomic mass is 10.1. The second-order valence-electron chi connectivity index (χ2n) is 6.27. The average molecular weight is 436 g/mol. The van der Waals surface area contributed by atoms with Crippen molar-refractivity contribution in [1.82, 2.24) is 0 Å². The molecule has 0 aromatic heterocycles. The molecule has 2 aromatic rings. The minimum Gasteiger partial charge on any atom is -0.492 e. The van der Waals surface area contributed by atoms with Gasteiger partial charge in [0.1, 0.15) is 23.4 Å². The molecule has 2 aromatic carbocycles. The van der Waals surface area contributed by atoms with Crippen LogP contribution in [0.3, 0.4) is 0 Å². The Hall–Kier alpha value is -2.25. The van der Waals surface area contributed by atoms with Gasteiger partial charge in [-0.2, -0.15) is 0 Å². The molecule has 1 atom stereocenters. The first-order valence-corrected chi connectivity index (χ1v) is 9.57. The molecule has 0 bridgehead atoms. The molecule has 144 valence electrons. The Balaban J connectivity index is 1.70. The van der Waals surface area contributed by atoms with Crippen LogP contribution in [0.5, 0.6) is 17.2 Å². The molecular formula is C20H22BrNO5. The van der Waals surface area contributed by atoms with Gasteiger partial charge in [-0.15, -0.1) is 0 Å². The molecule has 7 heteroatoms. The van der Waals surface area contributed by atoms with Gasteiger partial charge in [0.25, 0.3) is 5.91 Å². The number of aliphatic hydroxyl groups excluding tert-OH is 1. The van der Waals surface area contributed by atoms with Crippen LogP contribution in [0.15, 0.2) is 34.8 Å². The van der Waals surface area contributed by atoms with Crippen LogP contribution in [0.4, 0.5) is 5.69 Å². The predicted octanol–water partition coefficient (Wildman–Crippen LogP) is 3.68. The van der Waals surface area contributed by atoms with Crippen LogP contribution in [-0.4, -0.2) is 30.3 Å². The van der Waals surface area contributed by atoms with E-state index in [0.29, 0.717) is 29.4 Å². The van der Waals surface area contributed by atoms with Crippen LogP contribution in [0.2, 0.25) is 0 Å². The second kappa shape index (κ2) is 8.63. The largest absolute Gasteiger partial charge is 0.492 e. The van der Waals surface area contributed by atoms with Crippen molar-refractivity contribution < 1.29 is 24.1 Å². The number of rotatable bonds is 7. The van der Waals surface area contributed by atoms with Crippen LogP contribution in [0.25, 0.3) is 0 Å². The van der Waals surface area contributed by atoms with E-state index >= 15 is 0 Å². The first-order valence-electron chi connectivity index (χ1n) is 8.78. The molecule has 0 aliphatic carbocycles. The summed E-state index contributed by atoms with van der Waals surface area (Å²) in [5.41, 5.74) is 2.23. The Kier molecular flexibility index (Phi) is 6.23. The third-order valence-electron chi connectivity index (χ3n) is 4.12. The van der Waals surface area contributed by atoms with Crippen LogP contribution < -0.4 is 19.5 Å². The molecule has 0 radical (unpaired) electrons. The highest BCUT2D eigenvalue weighted by atomic mass is 79.9. The zero-order valence-electron chi connectivity index (χ0n) is 15.3. The minimum absolute atomic E-state index is 0.109. The van der Waals surface area contributed by atoms with Crippen LogP contribution in [-0.2, 0) is 17.8 Å². The van der Waals surface area contributed by atoms with Crippen molar-refractivity contribution in [3.05, 3.63) is 45.9 Å². The second-order valence-corrected chi connectivity index (χ2v) is 7.18. The molecular weight excluding hydrogens is 414 g/mol. The van der Waals surface area contributed by atoms with Crippen molar-refractivity contribution in [2.45, 2.75) is 33.0 Å². The van der Waals surface area contributed by atoms with E-state index in [9.17, 15) is 9.90 Å². The third-order valence-corrected chi connectivity index (χ3v) is 4.62. The fourth-order valence-electron chi connectivity index (χ4n) is 2.95. The van der Waals surface area contributed by atoms with Crippen molar-refractivity contribution in [1.29, 1.82) is 0 Å². The third kappa shape index (κ3) is 4.73. The number of anilines is 1. The topological polar surface area (TPSA) is 77.0 Å². The Labute approximate surface area is 166 Å². The summed E-state index contributed by atoms with van der Waals surface area (Å²) < 4.78 is 17.8. The fraction of sp³-hybridized carbons (Fsp3) is 0.350. The number of ether oxygens (including phenoxy) is 3. The molecule has 1 heterocycles. The fourth-order valence-corrected chi connectivity index (χ4v) is 3.36. The van der Waals surface area contributed by atoms with Crippen LogP contribution >= 0.6 is 15.9 Å². The monoisotopic (exact) mass is 435 g/mol.